The molecule has 5 rings (SSSR count). The van der Waals surface area contributed by atoms with Gasteiger partial charge in [0.1, 0.15) is 17.3 Å². The minimum Gasteiger partial charge on any atom is -0.494 e. The van der Waals surface area contributed by atoms with Crippen molar-refractivity contribution in [3.8, 4) is 28.4 Å². The number of nitrogens with one attached hydrogen (secondary N) is 2. The number of fused-ring (bicyclic) bond motifs is 1. The van der Waals surface area contributed by atoms with Crippen molar-refractivity contribution >= 4 is 44.3 Å². The molecule has 0 saturated heterocycles. The Bertz CT molecular complexity index is 2190. The lowest BCUT2D eigenvalue weighted by Crippen LogP contribution is -2.21. The molecule has 16 heteroatoms. The average molecular weight is 700 g/mol. The number of halogens is 4. The summed E-state index contributed by atoms with van der Waals surface area (Å²) in [7, 11) is -2.95. The third-order valence-electron chi connectivity index (χ3n) is 6.71. The van der Waals surface area contributed by atoms with Crippen LogP contribution in [0, 0.1) is 11.2 Å². The molecule has 0 aliphatic heterocycles. The van der Waals surface area contributed by atoms with Crippen LogP contribution in [0.25, 0.3) is 21.9 Å². The zero-order valence-corrected chi connectivity index (χ0v) is 25.9. The van der Waals surface area contributed by atoms with Gasteiger partial charge in [0.05, 0.1) is 17.6 Å². The summed E-state index contributed by atoms with van der Waals surface area (Å²) in [6.07, 6.45) is -5.08. The third kappa shape index (κ3) is 8.61. The first-order valence-electron chi connectivity index (χ1n) is 13.7. The standard InChI is InChI=1S/C31H24FN3O6S.C2HF3O2/c1-40-29-13-11-23(17-27(29)32)42(38,39)35-21-9-12-28(26(16-21)24-4-2-3-5-25(24)31(36)37)41-22-10-8-18-14-20(30(33)34)7-6-19(18)15-22;3-2(4,5)1(6)7/h2-17,35H,1H3,(H3,33,34)(H,36,37);(H,6,7). The summed E-state index contributed by atoms with van der Waals surface area (Å²) in [4.78, 5) is 20.6. The number of rotatable bonds is 9. The summed E-state index contributed by atoms with van der Waals surface area (Å²) in [6, 6.07) is 24.6. The van der Waals surface area contributed by atoms with Crippen molar-refractivity contribution in [2.75, 3.05) is 11.8 Å². The molecule has 5 aromatic carbocycles. The SMILES string of the molecule is COc1ccc(S(=O)(=O)Nc2ccc(Oc3ccc4cc(C(=N)N)ccc4c3)c(-c3ccccc3C(=O)O)c2)cc1F.O=C(O)C(F)(F)F. The largest absolute Gasteiger partial charge is 0.494 e. The minimum absolute atomic E-state index is 0.0187. The van der Waals surface area contributed by atoms with Crippen LogP contribution in [0.2, 0.25) is 0 Å². The predicted molar refractivity (Wildman–Crippen MR) is 171 cm³/mol. The molecule has 11 nitrogen and oxygen atoms in total. The van der Waals surface area contributed by atoms with Crippen LogP contribution in [0.5, 0.6) is 17.2 Å². The third-order valence-corrected chi connectivity index (χ3v) is 8.08. The Balaban J connectivity index is 0.000000698. The molecule has 0 radical (unpaired) electrons. The molecule has 0 spiro atoms. The first-order valence-corrected chi connectivity index (χ1v) is 15.2. The van der Waals surface area contributed by atoms with Crippen molar-refractivity contribution in [3.63, 3.8) is 0 Å². The summed E-state index contributed by atoms with van der Waals surface area (Å²) >= 11 is 0. The number of methoxy groups -OCH3 is 1. The van der Waals surface area contributed by atoms with E-state index in [1.807, 2.05) is 0 Å². The Morgan fingerprint density at radius 1 is 0.837 bits per heavy atom. The summed E-state index contributed by atoms with van der Waals surface area (Å²) in [6.45, 7) is 0. The molecule has 0 amide bonds. The Labute approximate surface area is 275 Å². The van der Waals surface area contributed by atoms with Crippen LogP contribution in [0.15, 0.2) is 102 Å². The Morgan fingerprint density at radius 3 is 2.08 bits per heavy atom. The van der Waals surface area contributed by atoms with Crippen molar-refractivity contribution < 1.29 is 55.3 Å². The van der Waals surface area contributed by atoms with Gasteiger partial charge in [0.2, 0.25) is 0 Å². The molecule has 5 aromatic rings. The van der Waals surface area contributed by atoms with Crippen molar-refractivity contribution in [1.29, 1.82) is 5.41 Å². The van der Waals surface area contributed by atoms with Crippen molar-refractivity contribution in [1.82, 2.24) is 0 Å². The highest BCUT2D eigenvalue weighted by atomic mass is 32.2. The number of nitrogens with two attached hydrogens (primary N) is 1. The molecule has 0 fully saturated rings. The smallest absolute Gasteiger partial charge is 0.490 e. The quantitative estimate of drug-likeness (QED) is 0.0622. The van der Waals surface area contributed by atoms with E-state index in [0.29, 0.717) is 22.4 Å². The lowest BCUT2D eigenvalue weighted by Gasteiger charge is -2.16. The molecule has 0 saturated carbocycles. The fraction of sp³-hybridized carbons (Fsp3) is 0.0606. The number of carbonyl (C=O) groups is 2. The Morgan fingerprint density at radius 2 is 1.47 bits per heavy atom. The first-order chi connectivity index (χ1) is 23.0. The highest BCUT2D eigenvalue weighted by molar-refractivity contribution is 7.92. The van der Waals surface area contributed by atoms with Gasteiger partial charge in [-0.1, -0.05) is 36.4 Å². The molecule has 49 heavy (non-hydrogen) atoms. The molecule has 0 atom stereocenters. The van der Waals surface area contributed by atoms with Gasteiger partial charge in [0.15, 0.2) is 11.6 Å². The Hall–Kier alpha value is -6.16. The van der Waals surface area contributed by atoms with Gasteiger partial charge in [-0.15, -0.1) is 0 Å². The van der Waals surface area contributed by atoms with E-state index in [4.69, 9.17) is 30.5 Å². The van der Waals surface area contributed by atoms with Gasteiger partial charge < -0.3 is 25.4 Å². The van der Waals surface area contributed by atoms with Gasteiger partial charge >= 0.3 is 18.1 Å². The number of benzene rings is 5. The molecule has 0 aromatic heterocycles. The van der Waals surface area contributed by atoms with E-state index in [-0.39, 0.29) is 33.5 Å². The minimum atomic E-state index is -5.08. The van der Waals surface area contributed by atoms with Gasteiger partial charge in [-0.3, -0.25) is 10.1 Å². The van der Waals surface area contributed by atoms with Gasteiger partial charge in [-0.05, 0) is 77.0 Å². The number of nitrogen functional groups attached to an aromatic ring is 1. The van der Waals surface area contributed by atoms with Crippen LogP contribution in [0.1, 0.15) is 15.9 Å². The summed E-state index contributed by atoms with van der Waals surface area (Å²) in [5.41, 5.74) is 6.86. The number of alkyl halides is 3. The number of carboxylic acid groups (broad SMARTS) is 2. The van der Waals surface area contributed by atoms with E-state index < -0.39 is 34.0 Å². The zero-order valence-electron chi connectivity index (χ0n) is 25.1. The molecule has 0 aliphatic rings. The molecule has 6 N–H and O–H groups in total. The van der Waals surface area contributed by atoms with E-state index in [1.54, 1.807) is 54.6 Å². The predicted octanol–water partition coefficient (Wildman–Crippen LogP) is 6.86. The molecule has 0 unspecified atom stereocenters. The van der Waals surface area contributed by atoms with Crippen molar-refractivity contribution in [2.24, 2.45) is 5.73 Å². The van der Waals surface area contributed by atoms with Crippen LogP contribution in [0.4, 0.5) is 23.2 Å². The average Bonchev–Trinajstić information content (AvgIpc) is 3.04. The van der Waals surface area contributed by atoms with Crippen molar-refractivity contribution in [3.05, 3.63) is 114 Å². The second-order valence-electron chi connectivity index (χ2n) is 10.0. The molecular formula is C33H25F4N3O8S. The number of aromatic carboxylic acids is 1. The van der Waals surface area contributed by atoms with E-state index in [0.717, 1.165) is 16.8 Å². The number of anilines is 1. The topological polar surface area (TPSA) is 189 Å². The second-order valence-corrected chi connectivity index (χ2v) is 11.7. The number of hydrogen-bond donors (Lipinski definition) is 5. The maximum absolute atomic E-state index is 14.2. The molecular weight excluding hydrogens is 674 g/mol. The molecule has 0 bridgehead atoms. The number of carboxylic acids is 2. The van der Waals surface area contributed by atoms with Crippen molar-refractivity contribution in [2.45, 2.75) is 11.1 Å². The van der Waals surface area contributed by atoms with Crippen LogP contribution in [-0.2, 0) is 14.8 Å². The molecule has 0 aliphatic carbocycles. The maximum Gasteiger partial charge on any atom is 0.490 e. The molecule has 254 valence electrons. The first kappa shape index (κ1) is 35.7. The fourth-order valence-electron chi connectivity index (χ4n) is 4.41. The van der Waals surface area contributed by atoms with Gasteiger partial charge in [0.25, 0.3) is 10.0 Å². The number of ether oxygens (including phenoxy) is 2. The number of hydrogen-bond acceptors (Lipinski definition) is 7. The summed E-state index contributed by atoms with van der Waals surface area (Å²) in [5.74, 6) is -4.22. The highest BCUT2D eigenvalue weighted by Crippen LogP contribution is 2.38. The molecule has 0 heterocycles. The van der Waals surface area contributed by atoms with Crippen LogP contribution in [-0.4, -0.2) is 49.7 Å². The summed E-state index contributed by atoms with van der Waals surface area (Å²) < 4.78 is 85.6. The maximum atomic E-state index is 14.2. The van der Waals surface area contributed by atoms with E-state index in [1.165, 1.54) is 43.5 Å². The van der Waals surface area contributed by atoms with Gasteiger partial charge in [-0.2, -0.15) is 13.2 Å². The number of sulfonamides is 1. The van der Waals surface area contributed by atoms with Gasteiger partial charge in [0, 0.05) is 16.8 Å². The Kier molecular flexibility index (Phi) is 10.4. The van der Waals surface area contributed by atoms with E-state index in [2.05, 4.69) is 4.72 Å². The van der Waals surface area contributed by atoms with E-state index in [9.17, 15) is 35.9 Å². The monoisotopic (exact) mass is 699 g/mol. The number of aliphatic carboxylic acids is 1. The fourth-order valence-corrected chi connectivity index (χ4v) is 5.47. The van der Waals surface area contributed by atoms with Crippen LogP contribution in [0.3, 0.4) is 0 Å². The lowest BCUT2D eigenvalue weighted by atomic mass is 9.98. The lowest BCUT2D eigenvalue weighted by molar-refractivity contribution is -0.192. The zero-order chi connectivity index (χ0) is 36.1. The number of amidine groups is 1. The normalized spacial score (nSPS) is 11.2. The van der Waals surface area contributed by atoms with Gasteiger partial charge in [-0.25, -0.2) is 22.4 Å². The second kappa shape index (κ2) is 14.3. The highest BCUT2D eigenvalue weighted by Gasteiger charge is 2.38. The summed E-state index contributed by atoms with van der Waals surface area (Å²) in [5, 5.41) is 26.3. The van der Waals surface area contributed by atoms with E-state index >= 15 is 0 Å². The van der Waals surface area contributed by atoms with Crippen LogP contribution < -0.4 is 19.9 Å². The van der Waals surface area contributed by atoms with Crippen LogP contribution >= 0.6 is 0 Å².